The fourth-order valence-electron chi connectivity index (χ4n) is 4.67. The van der Waals surface area contributed by atoms with E-state index in [2.05, 4.69) is 113 Å². The molecule has 0 amide bonds. The summed E-state index contributed by atoms with van der Waals surface area (Å²) >= 11 is 0. The molecule has 6 rings (SSSR count). The van der Waals surface area contributed by atoms with Crippen LogP contribution in [0.2, 0.25) is 0 Å². The van der Waals surface area contributed by atoms with Crippen molar-refractivity contribution < 1.29 is 13.7 Å². The van der Waals surface area contributed by atoms with E-state index in [0.717, 1.165) is 44.1 Å². The normalized spacial score (nSPS) is 17.0. The number of hydrogen-bond acceptors (Lipinski definition) is 3. The predicted octanol–water partition coefficient (Wildman–Crippen LogP) is 7.22. The third-order valence-corrected chi connectivity index (χ3v) is 7.33. The Hall–Kier alpha value is -3.34. The number of benzene rings is 4. The number of furan rings is 1. The molecule has 5 aromatic rings. The molecule has 0 atom stereocenters. The van der Waals surface area contributed by atoms with Crippen LogP contribution in [0.15, 0.2) is 95.4 Å². The summed E-state index contributed by atoms with van der Waals surface area (Å²) in [4.78, 5) is 0. The molecule has 2 heterocycles. The molecule has 0 bridgehead atoms. The summed E-state index contributed by atoms with van der Waals surface area (Å²) in [6.45, 7) is 8.32. The molecule has 0 unspecified atom stereocenters. The minimum absolute atomic E-state index is 0.372. The minimum Gasteiger partial charge on any atom is -0.455 e. The summed E-state index contributed by atoms with van der Waals surface area (Å²) in [5.74, 6) is 0. The molecule has 1 aromatic heterocycles. The van der Waals surface area contributed by atoms with Crippen molar-refractivity contribution in [2.45, 2.75) is 38.9 Å². The Kier molecular flexibility index (Phi) is 4.74. The highest BCUT2D eigenvalue weighted by Gasteiger charge is 2.51. The summed E-state index contributed by atoms with van der Waals surface area (Å²) in [7, 11) is -0.395. The third kappa shape index (κ3) is 3.37. The van der Waals surface area contributed by atoms with Gasteiger partial charge in [-0.1, -0.05) is 78.9 Å². The molecule has 168 valence electrons. The summed E-state index contributed by atoms with van der Waals surface area (Å²) in [6.07, 6.45) is 0. The SMILES string of the molecule is CC1(C)OB(c2cccc(-c3cccc4c3oc3cc(-c5ccccc5)ccc34)c2)OC1(C)C. The molecule has 0 aliphatic carbocycles. The average molecular weight is 446 g/mol. The Morgan fingerprint density at radius 3 is 2.06 bits per heavy atom. The van der Waals surface area contributed by atoms with Gasteiger partial charge in [-0.15, -0.1) is 0 Å². The second kappa shape index (κ2) is 7.59. The number of rotatable bonds is 3. The van der Waals surface area contributed by atoms with Crippen LogP contribution in [0.3, 0.4) is 0 Å². The highest BCUT2D eigenvalue weighted by atomic mass is 16.7. The van der Waals surface area contributed by atoms with E-state index in [-0.39, 0.29) is 11.2 Å². The maximum Gasteiger partial charge on any atom is 0.494 e. The molecule has 4 heteroatoms. The highest BCUT2D eigenvalue weighted by Crippen LogP contribution is 2.39. The molecule has 1 fully saturated rings. The Balaban J connectivity index is 1.44. The van der Waals surface area contributed by atoms with Crippen molar-refractivity contribution in [3.8, 4) is 22.3 Å². The number of hydrogen-bond donors (Lipinski definition) is 0. The van der Waals surface area contributed by atoms with E-state index in [1.807, 2.05) is 6.07 Å². The third-order valence-electron chi connectivity index (χ3n) is 7.33. The van der Waals surface area contributed by atoms with Crippen LogP contribution in [0.25, 0.3) is 44.2 Å². The van der Waals surface area contributed by atoms with Crippen molar-refractivity contribution in [3.05, 3.63) is 91.0 Å². The largest absolute Gasteiger partial charge is 0.494 e. The van der Waals surface area contributed by atoms with Crippen LogP contribution >= 0.6 is 0 Å². The van der Waals surface area contributed by atoms with Crippen LogP contribution in [-0.2, 0) is 9.31 Å². The molecule has 0 radical (unpaired) electrons. The maximum atomic E-state index is 6.47. The molecule has 4 aromatic carbocycles. The van der Waals surface area contributed by atoms with Crippen molar-refractivity contribution in [2.24, 2.45) is 0 Å². The van der Waals surface area contributed by atoms with Gasteiger partial charge in [-0.05, 0) is 62.0 Å². The summed E-state index contributed by atoms with van der Waals surface area (Å²) in [5, 5.41) is 2.24. The molecule has 1 aliphatic rings. The maximum absolute atomic E-state index is 6.47. The van der Waals surface area contributed by atoms with Gasteiger partial charge in [0.05, 0.1) is 11.2 Å². The van der Waals surface area contributed by atoms with Gasteiger partial charge in [0, 0.05) is 16.3 Å². The van der Waals surface area contributed by atoms with Gasteiger partial charge in [0.2, 0.25) is 0 Å². The zero-order chi connectivity index (χ0) is 23.5. The van der Waals surface area contributed by atoms with Crippen molar-refractivity contribution >= 4 is 34.5 Å². The second-order valence-corrected chi connectivity index (χ2v) is 10.1. The standard InChI is InChI=1S/C30H27BO3/c1-29(2)30(3,4)34-31(33-29)23-13-8-12-22(18-23)24-14-9-15-26-25-17-16-21(19-27(25)32-28(24)26)20-10-6-5-7-11-20/h5-19H,1-4H3. The molecular formula is C30H27BO3. The van der Waals surface area contributed by atoms with Gasteiger partial charge >= 0.3 is 7.12 Å². The van der Waals surface area contributed by atoms with E-state index in [9.17, 15) is 0 Å². The first-order chi connectivity index (χ1) is 16.3. The molecular weight excluding hydrogens is 419 g/mol. The lowest BCUT2D eigenvalue weighted by atomic mass is 9.78. The summed E-state index contributed by atoms with van der Waals surface area (Å²) in [5.41, 5.74) is 6.53. The quantitative estimate of drug-likeness (QED) is 0.274. The molecule has 0 saturated carbocycles. The van der Waals surface area contributed by atoms with Crippen LogP contribution in [0, 0.1) is 0 Å². The molecule has 0 spiro atoms. The Morgan fingerprint density at radius 2 is 1.29 bits per heavy atom. The van der Waals surface area contributed by atoms with E-state index >= 15 is 0 Å². The zero-order valence-corrected chi connectivity index (χ0v) is 20.0. The van der Waals surface area contributed by atoms with E-state index in [0.29, 0.717) is 0 Å². The zero-order valence-electron chi connectivity index (χ0n) is 20.0. The summed E-state index contributed by atoms with van der Waals surface area (Å²) in [6, 6.07) is 31.6. The van der Waals surface area contributed by atoms with Crippen molar-refractivity contribution in [3.63, 3.8) is 0 Å². The van der Waals surface area contributed by atoms with Crippen LogP contribution in [0.4, 0.5) is 0 Å². The van der Waals surface area contributed by atoms with Gasteiger partial charge < -0.3 is 13.7 Å². The van der Waals surface area contributed by atoms with Gasteiger partial charge in [-0.25, -0.2) is 0 Å². The molecule has 3 nitrogen and oxygen atoms in total. The molecule has 0 N–H and O–H groups in total. The highest BCUT2D eigenvalue weighted by molar-refractivity contribution is 6.62. The van der Waals surface area contributed by atoms with E-state index in [1.165, 1.54) is 5.56 Å². The van der Waals surface area contributed by atoms with Crippen molar-refractivity contribution in [1.29, 1.82) is 0 Å². The molecule has 1 saturated heterocycles. The lowest BCUT2D eigenvalue weighted by molar-refractivity contribution is 0.00578. The molecule has 34 heavy (non-hydrogen) atoms. The molecule has 1 aliphatic heterocycles. The second-order valence-electron chi connectivity index (χ2n) is 10.1. The fraction of sp³-hybridized carbons (Fsp3) is 0.200. The number of fused-ring (bicyclic) bond motifs is 3. The van der Waals surface area contributed by atoms with E-state index in [4.69, 9.17) is 13.7 Å². The minimum atomic E-state index is -0.395. The Morgan fingerprint density at radius 1 is 0.588 bits per heavy atom. The van der Waals surface area contributed by atoms with Gasteiger partial charge in [-0.2, -0.15) is 0 Å². The average Bonchev–Trinajstić information content (AvgIpc) is 3.32. The smallest absolute Gasteiger partial charge is 0.455 e. The Labute approximate surface area is 200 Å². The first-order valence-electron chi connectivity index (χ1n) is 11.8. The van der Waals surface area contributed by atoms with Crippen LogP contribution < -0.4 is 5.46 Å². The van der Waals surface area contributed by atoms with Gasteiger partial charge in [0.1, 0.15) is 11.2 Å². The van der Waals surface area contributed by atoms with E-state index < -0.39 is 7.12 Å². The topological polar surface area (TPSA) is 31.6 Å². The first-order valence-corrected chi connectivity index (χ1v) is 11.8. The van der Waals surface area contributed by atoms with Gasteiger partial charge in [0.25, 0.3) is 0 Å². The lowest BCUT2D eigenvalue weighted by Gasteiger charge is -2.32. The van der Waals surface area contributed by atoms with E-state index in [1.54, 1.807) is 0 Å². The van der Waals surface area contributed by atoms with Crippen molar-refractivity contribution in [2.75, 3.05) is 0 Å². The van der Waals surface area contributed by atoms with Crippen LogP contribution in [0.5, 0.6) is 0 Å². The number of para-hydroxylation sites is 1. The summed E-state index contributed by atoms with van der Waals surface area (Å²) < 4.78 is 19.0. The monoisotopic (exact) mass is 446 g/mol. The van der Waals surface area contributed by atoms with Crippen LogP contribution in [0.1, 0.15) is 27.7 Å². The van der Waals surface area contributed by atoms with Crippen LogP contribution in [-0.4, -0.2) is 18.3 Å². The van der Waals surface area contributed by atoms with Gasteiger partial charge in [0.15, 0.2) is 0 Å². The predicted molar refractivity (Wildman–Crippen MR) is 140 cm³/mol. The Bertz CT molecular complexity index is 1500. The lowest BCUT2D eigenvalue weighted by Crippen LogP contribution is -2.41. The first kappa shape index (κ1) is 21.2. The van der Waals surface area contributed by atoms with Gasteiger partial charge in [-0.3, -0.25) is 0 Å². The van der Waals surface area contributed by atoms with Crippen molar-refractivity contribution in [1.82, 2.24) is 0 Å². The fourth-order valence-corrected chi connectivity index (χ4v) is 4.67.